The lowest BCUT2D eigenvalue weighted by Crippen LogP contribution is -2.37. The topological polar surface area (TPSA) is 80.3 Å². The lowest BCUT2D eigenvalue weighted by Gasteiger charge is -2.08. The predicted molar refractivity (Wildman–Crippen MR) is 64.3 cm³/mol. The first kappa shape index (κ1) is 12.3. The zero-order chi connectivity index (χ0) is 13.0. The number of methoxy groups -OCH3 is 1. The van der Waals surface area contributed by atoms with E-state index < -0.39 is 0 Å². The number of carbonyl (C=O) groups excluding carboxylic acids is 2. The van der Waals surface area contributed by atoms with Crippen LogP contribution in [0, 0.1) is 0 Å². The van der Waals surface area contributed by atoms with Crippen LogP contribution >= 0.6 is 0 Å². The van der Waals surface area contributed by atoms with Gasteiger partial charge in [-0.15, -0.1) is 0 Å². The first-order valence-electron chi connectivity index (χ1n) is 5.77. The fraction of sp³-hybridized carbons (Fsp3) is 0.417. The zero-order valence-electron chi connectivity index (χ0n) is 10.1. The Kier molecular flexibility index (Phi) is 3.76. The molecule has 1 aromatic heterocycles. The molecule has 0 aromatic carbocycles. The van der Waals surface area contributed by atoms with Crippen LogP contribution in [0.3, 0.4) is 0 Å². The number of nitrogens with zero attached hydrogens (tertiary/aromatic N) is 1. The fourth-order valence-corrected chi connectivity index (χ4v) is 1.49. The third-order valence-electron chi connectivity index (χ3n) is 2.56. The molecule has 2 rings (SSSR count). The van der Waals surface area contributed by atoms with Crippen LogP contribution in [0.5, 0.6) is 5.88 Å². The molecular weight excluding hydrogens is 234 g/mol. The van der Waals surface area contributed by atoms with Crippen molar-refractivity contribution in [2.24, 2.45) is 0 Å². The molecule has 96 valence electrons. The summed E-state index contributed by atoms with van der Waals surface area (Å²) >= 11 is 0. The molecule has 6 nitrogen and oxygen atoms in total. The van der Waals surface area contributed by atoms with Crippen molar-refractivity contribution in [2.45, 2.75) is 18.9 Å². The van der Waals surface area contributed by atoms with Gasteiger partial charge in [0, 0.05) is 12.2 Å². The SMILES string of the molecule is COc1ncccc1C(=O)NCC(=O)NC1CC1. The van der Waals surface area contributed by atoms with Crippen LogP contribution in [0.1, 0.15) is 23.2 Å². The number of aromatic nitrogens is 1. The fourth-order valence-electron chi connectivity index (χ4n) is 1.49. The summed E-state index contributed by atoms with van der Waals surface area (Å²) in [5.41, 5.74) is 0.319. The summed E-state index contributed by atoms with van der Waals surface area (Å²) in [5, 5.41) is 5.32. The van der Waals surface area contributed by atoms with Crippen molar-refractivity contribution >= 4 is 11.8 Å². The van der Waals surface area contributed by atoms with E-state index in [1.165, 1.54) is 13.3 Å². The normalized spacial score (nSPS) is 13.8. The average Bonchev–Trinajstić information content (AvgIpc) is 3.19. The molecule has 18 heavy (non-hydrogen) atoms. The highest BCUT2D eigenvalue weighted by molar-refractivity contribution is 5.98. The van der Waals surface area contributed by atoms with Crippen LogP contribution in [-0.2, 0) is 4.79 Å². The lowest BCUT2D eigenvalue weighted by molar-refractivity contribution is -0.120. The number of pyridine rings is 1. The Bertz CT molecular complexity index is 458. The smallest absolute Gasteiger partial charge is 0.257 e. The van der Waals surface area contributed by atoms with Gasteiger partial charge < -0.3 is 15.4 Å². The lowest BCUT2D eigenvalue weighted by atomic mass is 10.2. The monoisotopic (exact) mass is 249 g/mol. The van der Waals surface area contributed by atoms with Crippen LogP contribution < -0.4 is 15.4 Å². The van der Waals surface area contributed by atoms with Gasteiger partial charge in [0.1, 0.15) is 5.56 Å². The molecule has 0 bridgehead atoms. The third-order valence-corrected chi connectivity index (χ3v) is 2.56. The van der Waals surface area contributed by atoms with Crippen LogP contribution in [0.2, 0.25) is 0 Å². The molecular formula is C12H15N3O3. The van der Waals surface area contributed by atoms with Gasteiger partial charge in [-0.2, -0.15) is 0 Å². The van der Waals surface area contributed by atoms with E-state index in [0.717, 1.165) is 12.8 Å². The van der Waals surface area contributed by atoms with E-state index >= 15 is 0 Å². The van der Waals surface area contributed by atoms with Crippen LogP contribution in [0.4, 0.5) is 0 Å². The van der Waals surface area contributed by atoms with Crippen LogP contribution in [0.25, 0.3) is 0 Å². The first-order chi connectivity index (χ1) is 8.70. The molecule has 1 saturated carbocycles. The zero-order valence-corrected chi connectivity index (χ0v) is 10.1. The number of ether oxygens (including phenoxy) is 1. The van der Waals surface area contributed by atoms with Gasteiger partial charge in [-0.3, -0.25) is 9.59 Å². The predicted octanol–water partition coefficient (Wildman–Crippen LogP) is 0.0986. The minimum Gasteiger partial charge on any atom is -0.480 e. The summed E-state index contributed by atoms with van der Waals surface area (Å²) in [5.74, 6) is -0.294. The summed E-state index contributed by atoms with van der Waals surface area (Å²) in [7, 11) is 1.44. The van der Waals surface area contributed by atoms with Gasteiger partial charge in [-0.25, -0.2) is 4.98 Å². The molecule has 1 aromatic rings. The molecule has 2 N–H and O–H groups in total. The molecule has 0 spiro atoms. The van der Waals surface area contributed by atoms with Gasteiger partial charge in [0.25, 0.3) is 5.91 Å². The first-order valence-corrected chi connectivity index (χ1v) is 5.77. The minimum absolute atomic E-state index is 0.0343. The molecule has 0 unspecified atom stereocenters. The highest BCUT2D eigenvalue weighted by Gasteiger charge is 2.23. The van der Waals surface area contributed by atoms with Gasteiger partial charge in [0.2, 0.25) is 11.8 Å². The Morgan fingerprint density at radius 3 is 2.94 bits per heavy atom. The second-order valence-corrected chi connectivity index (χ2v) is 4.08. The summed E-state index contributed by atoms with van der Waals surface area (Å²) in [6, 6.07) is 3.53. The van der Waals surface area contributed by atoms with E-state index in [9.17, 15) is 9.59 Å². The highest BCUT2D eigenvalue weighted by atomic mass is 16.5. The summed E-state index contributed by atoms with van der Waals surface area (Å²) in [4.78, 5) is 27.2. The Morgan fingerprint density at radius 2 is 2.28 bits per heavy atom. The largest absolute Gasteiger partial charge is 0.480 e. The van der Waals surface area contributed by atoms with Crippen molar-refractivity contribution in [1.29, 1.82) is 0 Å². The third kappa shape index (κ3) is 3.19. The van der Waals surface area contributed by atoms with Crippen molar-refractivity contribution < 1.29 is 14.3 Å². The van der Waals surface area contributed by atoms with E-state index in [2.05, 4.69) is 15.6 Å². The minimum atomic E-state index is -0.370. The van der Waals surface area contributed by atoms with Gasteiger partial charge >= 0.3 is 0 Å². The molecule has 0 radical (unpaired) electrons. The number of hydrogen-bond acceptors (Lipinski definition) is 4. The molecule has 0 atom stereocenters. The summed E-state index contributed by atoms with van der Waals surface area (Å²) < 4.78 is 4.98. The van der Waals surface area contributed by atoms with Gasteiger partial charge in [0.15, 0.2) is 0 Å². The highest BCUT2D eigenvalue weighted by Crippen LogP contribution is 2.18. The average molecular weight is 249 g/mol. The second-order valence-electron chi connectivity index (χ2n) is 4.08. The molecule has 6 heteroatoms. The van der Waals surface area contributed by atoms with Gasteiger partial charge in [-0.1, -0.05) is 0 Å². The van der Waals surface area contributed by atoms with Crippen molar-refractivity contribution in [3.63, 3.8) is 0 Å². The summed E-state index contributed by atoms with van der Waals surface area (Å²) in [6.45, 7) is -0.0343. The molecule has 1 aliphatic carbocycles. The van der Waals surface area contributed by atoms with E-state index in [-0.39, 0.29) is 24.2 Å². The van der Waals surface area contributed by atoms with Crippen molar-refractivity contribution in [2.75, 3.05) is 13.7 Å². The van der Waals surface area contributed by atoms with Crippen molar-refractivity contribution in [1.82, 2.24) is 15.6 Å². The summed E-state index contributed by atoms with van der Waals surface area (Å²) in [6.07, 6.45) is 3.58. The number of hydrogen-bond donors (Lipinski definition) is 2. The molecule has 1 aliphatic rings. The van der Waals surface area contributed by atoms with Crippen LogP contribution in [0.15, 0.2) is 18.3 Å². The number of carbonyl (C=O) groups is 2. The molecule has 0 aliphatic heterocycles. The van der Waals surface area contributed by atoms with Crippen LogP contribution in [-0.4, -0.2) is 36.5 Å². The van der Waals surface area contributed by atoms with E-state index in [1.807, 2.05) is 0 Å². The van der Waals surface area contributed by atoms with E-state index in [0.29, 0.717) is 11.6 Å². The Balaban J connectivity index is 1.88. The molecule has 2 amide bonds. The van der Waals surface area contributed by atoms with Crippen molar-refractivity contribution in [3.8, 4) is 5.88 Å². The van der Waals surface area contributed by atoms with Gasteiger partial charge in [-0.05, 0) is 25.0 Å². The maximum atomic E-state index is 11.8. The van der Waals surface area contributed by atoms with Gasteiger partial charge in [0.05, 0.1) is 13.7 Å². The number of nitrogens with one attached hydrogen (secondary N) is 2. The number of amides is 2. The quantitative estimate of drug-likeness (QED) is 0.775. The van der Waals surface area contributed by atoms with E-state index in [4.69, 9.17) is 4.74 Å². The van der Waals surface area contributed by atoms with E-state index in [1.54, 1.807) is 12.1 Å². The van der Waals surface area contributed by atoms with Crippen molar-refractivity contribution in [3.05, 3.63) is 23.9 Å². The molecule has 1 fully saturated rings. The standard InChI is InChI=1S/C12H15N3O3/c1-18-12-9(3-2-6-13-12)11(17)14-7-10(16)15-8-4-5-8/h2-3,6,8H,4-5,7H2,1H3,(H,14,17)(H,15,16). The molecule has 1 heterocycles. The second kappa shape index (κ2) is 5.48. The number of rotatable bonds is 5. The maximum absolute atomic E-state index is 11.8. The maximum Gasteiger partial charge on any atom is 0.257 e. The Hall–Kier alpha value is -2.11. The molecule has 0 saturated heterocycles. The Labute approximate surface area is 105 Å². The Morgan fingerprint density at radius 1 is 1.50 bits per heavy atom.